The lowest BCUT2D eigenvalue weighted by Gasteiger charge is -2.08. The molecule has 0 saturated heterocycles. The van der Waals surface area contributed by atoms with Gasteiger partial charge in [-0.05, 0) is 19.2 Å². The van der Waals surface area contributed by atoms with Crippen molar-refractivity contribution in [2.24, 2.45) is 5.73 Å². The molecule has 0 unspecified atom stereocenters. The minimum absolute atomic E-state index is 0. The second-order valence-electron chi connectivity index (χ2n) is 3.31. The molecular formula is C11H16ClN3O2. The summed E-state index contributed by atoms with van der Waals surface area (Å²) in [5.41, 5.74) is 5.96. The van der Waals surface area contributed by atoms with Crippen LogP contribution in [-0.2, 0) is 4.79 Å². The smallest absolute Gasteiger partial charge is 0.250 e. The molecule has 1 rings (SSSR count). The molecule has 17 heavy (non-hydrogen) atoms. The topological polar surface area (TPSA) is 84.2 Å². The maximum atomic E-state index is 11.4. The average Bonchev–Trinajstić information content (AvgIpc) is 2.27. The van der Waals surface area contributed by atoms with E-state index in [9.17, 15) is 9.59 Å². The minimum Gasteiger partial charge on any atom is -0.366 e. The van der Waals surface area contributed by atoms with Gasteiger partial charge in [-0.3, -0.25) is 9.59 Å². The summed E-state index contributed by atoms with van der Waals surface area (Å²) < 4.78 is 0. The zero-order valence-corrected chi connectivity index (χ0v) is 10.3. The van der Waals surface area contributed by atoms with Crippen LogP contribution in [0.5, 0.6) is 0 Å². The summed E-state index contributed by atoms with van der Waals surface area (Å²) in [6, 6.07) is 6.66. The Hall–Kier alpha value is -1.59. The Labute approximate surface area is 106 Å². The number of benzene rings is 1. The maximum Gasteiger partial charge on any atom is 0.250 e. The van der Waals surface area contributed by atoms with Crippen LogP contribution in [-0.4, -0.2) is 25.4 Å². The van der Waals surface area contributed by atoms with Crippen molar-refractivity contribution in [3.63, 3.8) is 0 Å². The van der Waals surface area contributed by atoms with Crippen LogP contribution in [0.4, 0.5) is 5.69 Å². The highest BCUT2D eigenvalue weighted by molar-refractivity contribution is 6.02. The Morgan fingerprint density at radius 2 is 1.94 bits per heavy atom. The first-order valence-corrected chi connectivity index (χ1v) is 4.98. The lowest BCUT2D eigenvalue weighted by atomic mass is 10.1. The summed E-state index contributed by atoms with van der Waals surface area (Å²) in [6.45, 7) is 0.588. The Morgan fingerprint density at radius 3 is 2.53 bits per heavy atom. The van der Waals surface area contributed by atoms with Gasteiger partial charge in [0.15, 0.2) is 0 Å². The van der Waals surface area contributed by atoms with Gasteiger partial charge in [-0.1, -0.05) is 12.1 Å². The summed E-state index contributed by atoms with van der Waals surface area (Å²) in [5.74, 6) is -0.701. The number of para-hydroxylation sites is 1. The predicted molar refractivity (Wildman–Crippen MR) is 69.4 cm³/mol. The van der Waals surface area contributed by atoms with Gasteiger partial charge >= 0.3 is 0 Å². The Kier molecular flexibility index (Phi) is 6.93. The van der Waals surface area contributed by atoms with Crippen LogP contribution in [0.3, 0.4) is 0 Å². The van der Waals surface area contributed by atoms with Gasteiger partial charge in [0.2, 0.25) is 5.91 Å². The van der Waals surface area contributed by atoms with Crippen LogP contribution in [0.15, 0.2) is 24.3 Å². The number of amides is 2. The van der Waals surface area contributed by atoms with E-state index in [4.69, 9.17) is 5.73 Å². The fraction of sp³-hybridized carbons (Fsp3) is 0.273. The molecule has 0 aliphatic carbocycles. The van der Waals surface area contributed by atoms with E-state index < -0.39 is 5.91 Å². The Balaban J connectivity index is 0.00000256. The summed E-state index contributed by atoms with van der Waals surface area (Å²) in [4.78, 5) is 22.5. The number of nitrogens with one attached hydrogen (secondary N) is 2. The van der Waals surface area contributed by atoms with Gasteiger partial charge < -0.3 is 16.4 Å². The maximum absolute atomic E-state index is 11.4. The highest BCUT2D eigenvalue weighted by Gasteiger charge is 2.09. The van der Waals surface area contributed by atoms with Crippen molar-refractivity contribution >= 4 is 29.9 Å². The molecule has 0 heterocycles. The number of anilines is 1. The molecule has 0 aliphatic rings. The third kappa shape index (κ3) is 4.84. The molecule has 1 aromatic rings. The highest BCUT2D eigenvalue weighted by atomic mass is 35.5. The first-order valence-electron chi connectivity index (χ1n) is 4.98. The zero-order chi connectivity index (χ0) is 12.0. The van der Waals surface area contributed by atoms with E-state index >= 15 is 0 Å². The molecule has 0 aromatic heterocycles. The molecule has 0 fully saturated rings. The molecule has 4 N–H and O–H groups in total. The molecule has 0 aliphatic heterocycles. The summed E-state index contributed by atoms with van der Waals surface area (Å²) in [7, 11) is 1.77. The number of nitrogens with two attached hydrogens (primary N) is 1. The van der Waals surface area contributed by atoms with Gasteiger partial charge in [0.1, 0.15) is 0 Å². The lowest BCUT2D eigenvalue weighted by Crippen LogP contribution is -2.21. The molecule has 94 valence electrons. The van der Waals surface area contributed by atoms with Crippen molar-refractivity contribution in [1.82, 2.24) is 5.32 Å². The van der Waals surface area contributed by atoms with E-state index in [2.05, 4.69) is 10.6 Å². The largest absolute Gasteiger partial charge is 0.366 e. The van der Waals surface area contributed by atoms with Crippen molar-refractivity contribution in [1.29, 1.82) is 0 Å². The van der Waals surface area contributed by atoms with Crippen LogP contribution < -0.4 is 16.4 Å². The standard InChI is InChI=1S/C11H15N3O2.ClH/c1-13-7-6-10(15)14-9-5-3-2-4-8(9)11(12)16;/h2-5,13H,6-7H2,1H3,(H2,12,16)(H,14,15);1H. The number of carbonyl (C=O) groups is 2. The molecule has 0 spiro atoms. The van der Waals surface area contributed by atoms with Crippen molar-refractivity contribution in [3.8, 4) is 0 Å². The third-order valence-corrected chi connectivity index (χ3v) is 2.07. The van der Waals surface area contributed by atoms with E-state index in [-0.39, 0.29) is 18.3 Å². The van der Waals surface area contributed by atoms with Gasteiger partial charge in [0.05, 0.1) is 11.3 Å². The molecule has 0 bridgehead atoms. The number of carbonyl (C=O) groups excluding carboxylic acids is 2. The Morgan fingerprint density at radius 1 is 1.29 bits per heavy atom. The second kappa shape index (κ2) is 7.65. The molecule has 0 saturated carbocycles. The number of hydrogen-bond donors (Lipinski definition) is 3. The number of hydrogen-bond acceptors (Lipinski definition) is 3. The highest BCUT2D eigenvalue weighted by Crippen LogP contribution is 2.14. The summed E-state index contributed by atoms with van der Waals surface area (Å²) >= 11 is 0. The van der Waals surface area contributed by atoms with E-state index in [0.29, 0.717) is 24.2 Å². The number of halogens is 1. The zero-order valence-electron chi connectivity index (χ0n) is 9.53. The van der Waals surface area contributed by atoms with Gasteiger partial charge in [-0.2, -0.15) is 0 Å². The molecule has 1 aromatic carbocycles. The number of rotatable bonds is 5. The molecular weight excluding hydrogens is 242 g/mol. The van der Waals surface area contributed by atoms with Gasteiger partial charge in [0.25, 0.3) is 5.91 Å². The fourth-order valence-electron chi connectivity index (χ4n) is 1.26. The van der Waals surface area contributed by atoms with Crippen molar-refractivity contribution < 1.29 is 9.59 Å². The van der Waals surface area contributed by atoms with E-state index in [1.54, 1.807) is 31.3 Å². The van der Waals surface area contributed by atoms with Gasteiger partial charge in [-0.25, -0.2) is 0 Å². The van der Waals surface area contributed by atoms with Crippen LogP contribution in [0.1, 0.15) is 16.8 Å². The van der Waals surface area contributed by atoms with E-state index in [1.807, 2.05) is 0 Å². The minimum atomic E-state index is -0.551. The van der Waals surface area contributed by atoms with Crippen molar-refractivity contribution in [2.75, 3.05) is 18.9 Å². The normalized spacial score (nSPS) is 9.24. The monoisotopic (exact) mass is 257 g/mol. The summed E-state index contributed by atoms with van der Waals surface area (Å²) in [6.07, 6.45) is 0.351. The molecule has 2 amide bonds. The fourth-order valence-corrected chi connectivity index (χ4v) is 1.26. The average molecular weight is 258 g/mol. The van der Waals surface area contributed by atoms with Gasteiger partial charge in [0, 0.05) is 13.0 Å². The van der Waals surface area contributed by atoms with Gasteiger partial charge in [-0.15, -0.1) is 12.4 Å². The second-order valence-corrected chi connectivity index (χ2v) is 3.31. The van der Waals surface area contributed by atoms with Crippen LogP contribution >= 0.6 is 12.4 Å². The predicted octanol–water partition coefficient (Wildman–Crippen LogP) is 0.755. The first kappa shape index (κ1) is 15.4. The number of primary amides is 1. The van der Waals surface area contributed by atoms with Crippen molar-refractivity contribution in [2.45, 2.75) is 6.42 Å². The molecule has 6 heteroatoms. The molecule has 5 nitrogen and oxygen atoms in total. The quantitative estimate of drug-likeness (QED) is 0.728. The van der Waals surface area contributed by atoms with Crippen LogP contribution in [0.25, 0.3) is 0 Å². The SMILES string of the molecule is CNCCC(=O)Nc1ccccc1C(N)=O.Cl. The first-order chi connectivity index (χ1) is 7.65. The molecule has 0 radical (unpaired) electrons. The van der Waals surface area contributed by atoms with Crippen LogP contribution in [0.2, 0.25) is 0 Å². The Bertz CT molecular complexity index is 396. The van der Waals surface area contributed by atoms with Crippen molar-refractivity contribution in [3.05, 3.63) is 29.8 Å². The van der Waals surface area contributed by atoms with E-state index in [1.165, 1.54) is 0 Å². The summed E-state index contributed by atoms with van der Waals surface area (Å²) in [5, 5.41) is 5.52. The lowest BCUT2D eigenvalue weighted by molar-refractivity contribution is -0.116. The third-order valence-electron chi connectivity index (χ3n) is 2.07. The van der Waals surface area contributed by atoms with E-state index in [0.717, 1.165) is 0 Å². The molecule has 0 atom stereocenters. The van der Waals surface area contributed by atoms with Crippen LogP contribution in [0, 0.1) is 0 Å².